The number of carbonyl (C=O) groups is 1. The lowest BCUT2D eigenvalue weighted by Gasteiger charge is -2.16. The quantitative estimate of drug-likeness (QED) is 0.0942. The molecule has 0 atom stereocenters. The zero-order valence-corrected chi connectivity index (χ0v) is 29.2. The molecule has 1 N–H and O–H groups in total. The van der Waals surface area contributed by atoms with Crippen molar-refractivity contribution in [3.63, 3.8) is 0 Å². The second-order valence-electron chi connectivity index (χ2n) is 10.9. The van der Waals surface area contributed by atoms with Gasteiger partial charge in [0, 0.05) is 18.4 Å². The number of Topliss-reactive ketones (excluding diaryl/α,β-unsaturated/α-hetero) is 1. The van der Waals surface area contributed by atoms with Crippen molar-refractivity contribution in [2.24, 2.45) is 5.41 Å². The maximum absolute atomic E-state index is 11.8. The van der Waals surface area contributed by atoms with Crippen LogP contribution in [0.4, 0.5) is 0 Å². The molecule has 0 aromatic carbocycles. The highest BCUT2D eigenvalue weighted by Gasteiger charge is 2.20. The number of hydrogen-bond acceptors (Lipinski definition) is 14. The molecule has 0 amide bonds. The molecule has 14 nitrogen and oxygen atoms in total. The lowest BCUT2D eigenvalue weighted by Crippen LogP contribution is -2.22. The van der Waals surface area contributed by atoms with E-state index >= 15 is 0 Å². The van der Waals surface area contributed by atoms with Gasteiger partial charge in [-0.2, -0.15) is 0 Å². The Hall–Kier alpha value is -0.850. The van der Waals surface area contributed by atoms with E-state index in [-0.39, 0.29) is 11.2 Å². The first-order valence-corrected chi connectivity index (χ1v) is 16.6. The second-order valence-corrected chi connectivity index (χ2v) is 10.9. The third kappa shape index (κ3) is 37.6. The van der Waals surface area contributed by atoms with Crippen molar-refractivity contribution in [1.29, 1.82) is 0 Å². The molecular weight excluding hydrogens is 606 g/mol. The summed E-state index contributed by atoms with van der Waals surface area (Å²) < 4.78 is 65.4. The minimum atomic E-state index is -0.313. The summed E-state index contributed by atoms with van der Waals surface area (Å²) in [4.78, 5) is 11.8. The first-order valence-electron chi connectivity index (χ1n) is 16.6. The van der Waals surface area contributed by atoms with E-state index in [9.17, 15) is 4.79 Å². The molecule has 0 spiro atoms. The Bertz CT molecular complexity index is 611. The Balaban J connectivity index is 3.08. The molecule has 276 valence electrons. The summed E-state index contributed by atoms with van der Waals surface area (Å²) in [6.07, 6.45) is 0.433. The van der Waals surface area contributed by atoms with Gasteiger partial charge in [-0.1, -0.05) is 20.8 Å². The van der Waals surface area contributed by atoms with Crippen molar-refractivity contribution >= 4 is 5.78 Å². The predicted octanol–water partition coefficient (Wildman–Crippen LogP) is 1.41. The monoisotopic (exact) mass is 671 g/mol. The first-order chi connectivity index (χ1) is 22.5. The average Bonchev–Trinajstić information content (AvgIpc) is 3.03. The number of hydrogen-bond donors (Lipinski definition) is 1. The van der Waals surface area contributed by atoms with Gasteiger partial charge in [0.1, 0.15) is 5.78 Å². The highest BCUT2D eigenvalue weighted by atomic mass is 16.6. The lowest BCUT2D eigenvalue weighted by atomic mass is 9.89. The molecule has 0 aliphatic heterocycles. The molecule has 0 fully saturated rings. The number of nitrogens with one attached hydrogen (secondary N) is 1. The molecule has 0 bridgehead atoms. The van der Waals surface area contributed by atoms with Gasteiger partial charge in [-0.25, -0.2) is 0 Å². The van der Waals surface area contributed by atoms with Crippen molar-refractivity contribution in [3.8, 4) is 0 Å². The van der Waals surface area contributed by atoms with Gasteiger partial charge in [-0.3, -0.25) is 4.79 Å². The molecule has 0 rings (SSSR count). The molecule has 0 saturated heterocycles. The highest BCUT2D eigenvalue weighted by molar-refractivity contribution is 5.83. The standard InChI is InChI=1S/C32H65NO13/c1-32(2,3)31(34)5-7-35-9-11-37-13-15-39-17-19-41-21-23-43-25-27-45-29-30-46-28-26-44-24-22-42-20-18-40-16-14-38-12-10-36-8-6-33-4/h33H,5-30H2,1-4H3. The third-order valence-corrected chi connectivity index (χ3v) is 5.90. The number of carbonyl (C=O) groups excluding carboxylic acids is 1. The van der Waals surface area contributed by atoms with E-state index < -0.39 is 0 Å². The van der Waals surface area contributed by atoms with Crippen LogP contribution in [0.1, 0.15) is 27.2 Å². The second kappa shape index (κ2) is 37.0. The SMILES string of the molecule is CNCCOCCOCCOCCOCCOCCOCCOCCOCCOCCOCCOCCOCCC(=O)C(C)(C)C. The predicted molar refractivity (Wildman–Crippen MR) is 173 cm³/mol. The van der Waals surface area contributed by atoms with Crippen LogP contribution in [0, 0.1) is 5.41 Å². The van der Waals surface area contributed by atoms with Crippen LogP contribution in [0.3, 0.4) is 0 Å². The smallest absolute Gasteiger partial charge is 0.140 e. The fourth-order valence-electron chi connectivity index (χ4n) is 3.24. The van der Waals surface area contributed by atoms with E-state index in [0.717, 1.165) is 6.54 Å². The van der Waals surface area contributed by atoms with Gasteiger partial charge in [0.15, 0.2) is 0 Å². The topological polar surface area (TPSA) is 140 Å². The average molecular weight is 672 g/mol. The largest absolute Gasteiger partial charge is 0.379 e. The maximum Gasteiger partial charge on any atom is 0.140 e. The Morgan fingerprint density at radius 2 is 0.565 bits per heavy atom. The van der Waals surface area contributed by atoms with Crippen LogP contribution in [-0.2, 0) is 61.6 Å². The molecular formula is C32H65NO13. The molecule has 0 unspecified atom stereocenters. The van der Waals surface area contributed by atoms with Crippen LogP contribution in [0.5, 0.6) is 0 Å². The summed E-state index contributed by atoms with van der Waals surface area (Å²) in [5, 5.41) is 3.02. The summed E-state index contributed by atoms with van der Waals surface area (Å²) in [6.45, 7) is 19.0. The third-order valence-electron chi connectivity index (χ3n) is 5.90. The molecule has 46 heavy (non-hydrogen) atoms. The van der Waals surface area contributed by atoms with Crippen LogP contribution in [0.15, 0.2) is 0 Å². The number of ketones is 1. The van der Waals surface area contributed by atoms with Gasteiger partial charge in [0.2, 0.25) is 0 Å². The van der Waals surface area contributed by atoms with Crippen molar-refractivity contribution in [2.75, 3.05) is 172 Å². The fraction of sp³-hybridized carbons (Fsp3) is 0.969. The molecule has 0 saturated carbocycles. The number of rotatable bonds is 39. The molecule has 0 aromatic heterocycles. The molecule has 0 aromatic rings. The van der Waals surface area contributed by atoms with E-state index in [4.69, 9.17) is 56.8 Å². The van der Waals surface area contributed by atoms with Gasteiger partial charge in [0.25, 0.3) is 0 Å². The van der Waals surface area contributed by atoms with E-state index in [2.05, 4.69) is 5.32 Å². The molecule has 0 aliphatic carbocycles. The van der Waals surface area contributed by atoms with Crippen LogP contribution < -0.4 is 5.32 Å². The van der Waals surface area contributed by atoms with Crippen LogP contribution >= 0.6 is 0 Å². The summed E-state index contributed by atoms with van der Waals surface area (Å²) in [7, 11) is 1.89. The van der Waals surface area contributed by atoms with Crippen molar-refractivity contribution in [3.05, 3.63) is 0 Å². The number of likely N-dealkylation sites (N-methyl/N-ethyl adjacent to an activating group) is 1. The van der Waals surface area contributed by atoms with Gasteiger partial charge < -0.3 is 62.2 Å². The van der Waals surface area contributed by atoms with E-state index in [0.29, 0.717) is 165 Å². The van der Waals surface area contributed by atoms with E-state index in [1.54, 1.807) is 0 Å². The summed E-state index contributed by atoms with van der Waals surface area (Å²) in [5.41, 5.74) is -0.313. The minimum Gasteiger partial charge on any atom is -0.379 e. The van der Waals surface area contributed by atoms with Crippen molar-refractivity contribution in [2.45, 2.75) is 27.2 Å². The van der Waals surface area contributed by atoms with Crippen LogP contribution in [-0.4, -0.2) is 178 Å². The fourth-order valence-corrected chi connectivity index (χ4v) is 3.24. The molecule has 14 heteroatoms. The Morgan fingerprint density at radius 1 is 0.370 bits per heavy atom. The lowest BCUT2D eigenvalue weighted by molar-refractivity contribution is -0.127. The minimum absolute atomic E-state index is 0.203. The normalized spacial score (nSPS) is 11.9. The Morgan fingerprint density at radius 3 is 0.761 bits per heavy atom. The summed E-state index contributed by atoms with van der Waals surface area (Å²) >= 11 is 0. The van der Waals surface area contributed by atoms with Crippen LogP contribution in [0.2, 0.25) is 0 Å². The van der Waals surface area contributed by atoms with E-state index in [1.807, 2.05) is 27.8 Å². The van der Waals surface area contributed by atoms with Crippen molar-refractivity contribution in [1.82, 2.24) is 5.32 Å². The summed E-state index contributed by atoms with van der Waals surface area (Å²) in [6, 6.07) is 0. The van der Waals surface area contributed by atoms with Crippen molar-refractivity contribution < 1.29 is 61.6 Å². The summed E-state index contributed by atoms with van der Waals surface area (Å²) in [5.74, 6) is 0.203. The van der Waals surface area contributed by atoms with E-state index in [1.165, 1.54) is 0 Å². The van der Waals surface area contributed by atoms with Gasteiger partial charge in [-0.15, -0.1) is 0 Å². The Kier molecular flexibility index (Phi) is 36.3. The maximum atomic E-state index is 11.8. The molecule has 0 aliphatic rings. The highest BCUT2D eigenvalue weighted by Crippen LogP contribution is 2.16. The van der Waals surface area contributed by atoms with Gasteiger partial charge in [0.05, 0.1) is 159 Å². The van der Waals surface area contributed by atoms with Gasteiger partial charge >= 0.3 is 0 Å². The Labute approximate surface area is 277 Å². The molecule has 0 radical (unpaired) electrons. The molecule has 0 heterocycles. The zero-order chi connectivity index (χ0) is 33.7. The van der Waals surface area contributed by atoms with Crippen LogP contribution in [0.25, 0.3) is 0 Å². The zero-order valence-electron chi connectivity index (χ0n) is 29.2. The van der Waals surface area contributed by atoms with Gasteiger partial charge in [-0.05, 0) is 7.05 Å². The number of ether oxygens (including phenoxy) is 12. The first kappa shape index (κ1) is 45.2.